The lowest BCUT2D eigenvalue weighted by molar-refractivity contribution is 0.0953. The second-order valence-corrected chi connectivity index (χ2v) is 10.3. The Morgan fingerprint density at radius 3 is 2.74 bits per heavy atom. The number of nitrogens with two attached hydrogens (primary N) is 1. The van der Waals surface area contributed by atoms with Crippen LogP contribution in [0.1, 0.15) is 61.2 Å². The molecule has 35 heavy (non-hydrogen) atoms. The highest BCUT2D eigenvalue weighted by molar-refractivity contribution is 5.94. The van der Waals surface area contributed by atoms with Crippen molar-refractivity contribution in [3.05, 3.63) is 82.8 Å². The van der Waals surface area contributed by atoms with Crippen molar-refractivity contribution in [3.8, 4) is 0 Å². The Hall–Kier alpha value is -3.16. The Balaban J connectivity index is 1.25. The fraction of sp³-hybridized carbons (Fsp3) is 0.429. The summed E-state index contributed by atoms with van der Waals surface area (Å²) in [6.07, 6.45) is 7.18. The van der Waals surface area contributed by atoms with Crippen LogP contribution in [0.5, 0.6) is 0 Å². The summed E-state index contributed by atoms with van der Waals surface area (Å²) in [5.74, 6) is 0.803. The van der Waals surface area contributed by atoms with Crippen molar-refractivity contribution in [2.24, 2.45) is 10.8 Å². The maximum atomic E-state index is 12.8. The molecule has 186 valence electrons. The normalized spacial score (nSPS) is 24.6. The zero-order valence-corrected chi connectivity index (χ0v) is 20.7. The van der Waals surface area contributed by atoms with Crippen molar-refractivity contribution in [2.75, 3.05) is 18.8 Å². The average Bonchev–Trinajstić information content (AvgIpc) is 3.44. The number of carbonyl (C=O) groups is 1. The van der Waals surface area contributed by atoms with E-state index in [0.29, 0.717) is 30.2 Å². The molecule has 2 unspecified atom stereocenters. The van der Waals surface area contributed by atoms with Crippen molar-refractivity contribution < 1.29 is 15.0 Å². The van der Waals surface area contributed by atoms with Gasteiger partial charge in [-0.3, -0.25) is 4.79 Å². The number of amides is 1. The van der Waals surface area contributed by atoms with Crippen LogP contribution < -0.4 is 16.4 Å². The standard InChI is InChI=1S/C28H36N4O3/c1-18(31-16-23(33)21-7-10-25(29)32-15-21)13-19-5-4-6-20(14-19)26(35)30-12-11-22-8-9-24(34)28(3)17-27(22,28)2/h4-10,14-15,18,23,31,33-34H,11-13,16-17H2,1-3H3,(H2,29,32)(H,30,35)/t18-,23+,27?,28?/m1/s1. The van der Waals surface area contributed by atoms with Gasteiger partial charge in [-0.05, 0) is 56.0 Å². The number of aliphatic hydroxyl groups is 2. The summed E-state index contributed by atoms with van der Waals surface area (Å²) in [5, 5.41) is 26.9. The highest BCUT2D eigenvalue weighted by atomic mass is 16.3. The van der Waals surface area contributed by atoms with Crippen molar-refractivity contribution in [1.29, 1.82) is 0 Å². The molecule has 0 bridgehead atoms. The Morgan fingerprint density at radius 2 is 2.00 bits per heavy atom. The number of fused-ring (bicyclic) bond motifs is 1. The molecular formula is C28H36N4O3. The Morgan fingerprint density at radius 1 is 1.20 bits per heavy atom. The van der Waals surface area contributed by atoms with Gasteiger partial charge in [0.25, 0.3) is 5.91 Å². The van der Waals surface area contributed by atoms with E-state index in [1.54, 1.807) is 24.4 Å². The van der Waals surface area contributed by atoms with Crippen LogP contribution in [0.2, 0.25) is 0 Å². The van der Waals surface area contributed by atoms with Gasteiger partial charge in [0.2, 0.25) is 0 Å². The Kier molecular flexibility index (Phi) is 7.01. The molecule has 6 N–H and O–H groups in total. The third-order valence-corrected chi connectivity index (χ3v) is 7.78. The van der Waals surface area contributed by atoms with Gasteiger partial charge in [0.1, 0.15) is 5.82 Å². The molecule has 0 aliphatic heterocycles. The number of carbonyl (C=O) groups excluding carboxylic acids is 1. The molecule has 4 atom stereocenters. The summed E-state index contributed by atoms with van der Waals surface area (Å²) in [7, 11) is 0. The van der Waals surface area contributed by atoms with Crippen LogP contribution in [0.15, 0.2) is 66.1 Å². The number of rotatable bonds is 10. The topological polar surface area (TPSA) is 120 Å². The molecule has 1 aromatic carbocycles. The quantitative estimate of drug-likeness (QED) is 0.355. The van der Waals surface area contributed by atoms with Crippen LogP contribution in [0, 0.1) is 10.8 Å². The van der Waals surface area contributed by atoms with Gasteiger partial charge in [0.15, 0.2) is 0 Å². The van der Waals surface area contributed by atoms with Crippen LogP contribution in [0.4, 0.5) is 5.82 Å². The number of aromatic nitrogens is 1. The minimum atomic E-state index is -0.669. The average molecular weight is 477 g/mol. The number of nitrogens with one attached hydrogen (secondary N) is 2. The molecule has 1 heterocycles. The van der Waals surface area contributed by atoms with Gasteiger partial charge in [-0.1, -0.05) is 43.7 Å². The number of nitrogens with zero attached hydrogens (tertiary/aromatic N) is 1. The lowest BCUT2D eigenvalue weighted by atomic mass is 9.82. The SMILES string of the molecule is C[C@H](Cc1cccc(C(=O)NCCC2=CC=C(O)C3(C)CC23C)c1)NC[C@H](O)c1ccc(N)nc1. The van der Waals surface area contributed by atoms with Crippen molar-refractivity contribution in [2.45, 2.75) is 52.2 Å². The number of aliphatic hydroxyl groups excluding tert-OH is 2. The van der Waals surface area contributed by atoms with Gasteiger partial charge in [-0.2, -0.15) is 0 Å². The molecule has 7 nitrogen and oxygen atoms in total. The van der Waals surface area contributed by atoms with Crippen LogP contribution in [0.25, 0.3) is 0 Å². The van der Waals surface area contributed by atoms with E-state index in [4.69, 9.17) is 5.73 Å². The van der Waals surface area contributed by atoms with Crippen molar-refractivity contribution in [3.63, 3.8) is 0 Å². The molecule has 0 saturated heterocycles. The molecule has 0 radical (unpaired) electrons. The molecule has 0 spiro atoms. The number of pyridine rings is 1. The summed E-state index contributed by atoms with van der Waals surface area (Å²) in [4.78, 5) is 16.8. The summed E-state index contributed by atoms with van der Waals surface area (Å²) >= 11 is 0. The molecule has 2 aromatic rings. The van der Waals surface area contributed by atoms with Crippen LogP contribution >= 0.6 is 0 Å². The Bertz CT molecular complexity index is 1140. The summed E-state index contributed by atoms with van der Waals surface area (Å²) in [5.41, 5.74) is 9.14. The fourth-order valence-corrected chi connectivity index (χ4v) is 5.13. The van der Waals surface area contributed by atoms with Gasteiger partial charge >= 0.3 is 0 Å². The largest absolute Gasteiger partial charge is 0.512 e. The van der Waals surface area contributed by atoms with Crippen LogP contribution in [-0.4, -0.2) is 40.2 Å². The number of hydrogen-bond acceptors (Lipinski definition) is 6. The van der Waals surface area contributed by atoms with E-state index >= 15 is 0 Å². The number of nitrogen functional groups attached to an aromatic ring is 1. The minimum absolute atomic E-state index is 0.00241. The third kappa shape index (κ3) is 5.26. The zero-order valence-electron chi connectivity index (χ0n) is 20.7. The molecule has 1 amide bonds. The monoisotopic (exact) mass is 476 g/mol. The predicted octanol–water partition coefficient (Wildman–Crippen LogP) is 3.84. The molecule has 2 aliphatic rings. The lowest BCUT2D eigenvalue weighted by Crippen LogP contribution is -2.32. The van der Waals surface area contributed by atoms with E-state index in [1.165, 1.54) is 5.57 Å². The molecule has 4 rings (SSSR count). The maximum absolute atomic E-state index is 12.8. The minimum Gasteiger partial charge on any atom is -0.512 e. The second kappa shape index (κ2) is 9.84. The lowest BCUT2D eigenvalue weighted by Gasteiger charge is -2.25. The number of allylic oxidation sites excluding steroid dienone is 3. The van der Waals surface area contributed by atoms with Crippen LogP contribution in [0.3, 0.4) is 0 Å². The first-order valence-electron chi connectivity index (χ1n) is 12.2. The van der Waals surface area contributed by atoms with Gasteiger partial charge in [0, 0.05) is 47.3 Å². The van der Waals surface area contributed by atoms with E-state index in [0.717, 1.165) is 30.4 Å². The van der Waals surface area contributed by atoms with Gasteiger partial charge in [-0.15, -0.1) is 0 Å². The van der Waals surface area contributed by atoms with E-state index in [2.05, 4.69) is 36.4 Å². The van der Waals surface area contributed by atoms with E-state index in [-0.39, 0.29) is 22.8 Å². The van der Waals surface area contributed by atoms with Gasteiger partial charge in [-0.25, -0.2) is 4.98 Å². The summed E-state index contributed by atoms with van der Waals surface area (Å²) in [6, 6.07) is 11.2. The van der Waals surface area contributed by atoms with E-state index < -0.39 is 6.10 Å². The highest BCUT2D eigenvalue weighted by Gasteiger charge is 2.65. The molecule has 7 heteroatoms. The molecule has 1 fully saturated rings. The third-order valence-electron chi connectivity index (χ3n) is 7.78. The van der Waals surface area contributed by atoms with Crippen molar-refractivity contribution in [1.82, 2.24) is 15.6 Å². The smallest absolute Gasteiger partial charge is 0.251 e. The Labute approximate surface area is 207 Å². The van der Waals surface area contributed by atoms with Crippen LogP contribution in [-0.2, 0) is 6.42 Å². The van der Waals surface area contributed by atoms with E-state index in [9.17, 15) is 15.0 Å². The second-order valence-electron chi connectivity index (χ2n) is 10.3. The number of benzene rings is 1. The molecule has 2 aliphatic carbocycles. The number of anilines is 1. The fourth-order valence-electron chi connectivity index (χ4n) is 5.13. The molecule has 1 aromatic heterocycles. The summed E-state index contributed by atoms with van der Waals surface area (Å²) < 4.78 is 0. The number of hydrogen-bond donors (Lipinski definition) is 5. The van der Waals surface area contributed by atoms with Crippen molar-refractivity contribution >= 4 is 11.7 Å². The predicted molar refractivity (Wildman–Crippen MR) is 138 cm³/mol. The molecular weight excluding hydrogens is 440 g/mol. The van der Waals surface area contributed by atoms with Gasteiger partial charge in [0.05, 0.1) is 11.9 Å². The summed E-state index contributed by atoms with van der Waals surface area (Å²) in [6.45, 7) is 7.30. The highest BCUT2D eigenvalue weighted by Crippen LogP contribution is 2.72. The first kappa shape index (κ1) is 24.9. The zero-order chi connectivity index (χ0) is 25.2. The first-order chi connectivity index (χ1) is 16.6. The maximum Gasteiger partial charge on any atom is 0.251 e. The van der Waals surface area contributed by atoms with E-state index in [1.807, 2.05) is 30.3 Å². The van der Waals surface area contributed by atoms with Gasteiger partial charge < -0.3 is 26.6 Å². The first-order valence-corrected chi connectivity index (χ1v) is 12.2. The molecule has 1 saturated carbocycles.